The maximum Gasteiger partial charge on any atom is 0.437 e. The second kappa shape index (κ2) is 25.9. The molecular formula is C46H78N8O11. The van der Waals surface area contributed by atoms with E-state index in [1.54, 1.807) is 129 Å². The molecule has 0 saturated heterocycles. The highest BCUT2D eigenvalue weighted by Crippen LogP contribution is 2.19. The average Bonchev–Trinajstić information content (AvgIpc) is 3.09. The maximum atomic E-state index is 14.0. The van der Waals surface area contributed by atoms with E-state index in [2.05, 4.69) is 25.6 Å². The lowest BCUT2D eigenvalue weighted by Crippen LogP contribution is -2.53. The van der Waals surface area contributed by atoms with Gasteiger partial charge in [-0.2, -0.15) is 0 Å². The Labute approximate surface area is 386 Å². The Hall–Kier alpha value is -5.49. The molecule has 0 bridgehead atoms. The maximum absolute atomic E-state index is 14.0. The van der Waals surface area contributed by atoms with Crippen molar-refractivity contribution in [3.8, 4) is 5.88 Å². The standard InChI is InChI=1S/C46H78N8O11/c1-32(47)33-25-26-34(49-31-33)60-30-24-23-29-54(41(59)65-46(14,15)16)36(52-39(57)63-44(8,9)10)53(40(58)64-45(11,12)13)28-22-20-18-17-19-21-27-48-35(50-37(55)61-42(2,3)4)51-38(56)62-43(5,6)7/h25-26,31,47H,17-24,27-30H2,1-16H3,(H2,48,50,51,55,56)/b47-32?,52-36+. The molecule has 5 amide bonds. The summed E-state index contributed by atoms with van der Waals surface area (Å²) in [7, 11) is 0. The number of unbranched alkanes of at least 4 members (excludes halogenated alkanes) is 6. The number of carbonyl (C=O) groups excluding carboxylic acids is 5. The molecule has 0 unspecified atom stereocenters. The summed E-state index contributed by atoms with van der Waals surface area (Å²) >= 11 is 0. The van der Waals surface area contributed by atoms with Crippen LogP contribution >= 0.6 is 0 Å². The highest BCUT2D eigenvalue weighted by Gasteiger charge is 2.35. The number of rotatable bonds is 16. The van der Waals surface area contributed by atoms with Gasteiger partial charge in [0.05, 0.1) is 6.61 Å². The van der Waals surface area contributed by atoms with E-state index in [-0.39, 0.29) is 31.6 Å². The van der Waals surface area contributed by atoms with Crippen molar-refractivity contribution in [3.63, 3.8) is 0 Å². The van der Waals surface area contributed by atoms with Crippen molar-refractivity contribution in [2.75, 3.05) is 26.2 Å². The molecule has 0 saturated carbocycles. The van der Waals surface area contributed by atoms with Crippen LogP contribution in [0.15, 0.2) is 28.3 Å². The van der Waals surface area contributed by atoms with Crippen LogP contribution in [0, 0.1) is 5.41 Å². The molecule has 0 aliphatic heterocycles. The molecule has 3 N–H and O–H groups in total. The minimum Gasteiger partial charge on any atom is -0.478 e. The molecule has 0 aliphatic rings. The van der Waals surface area contributed by atoms with Crippen molar-refractivity contribution >= 4 is 48.1 Å². The van der Waals surface area contributed by atoms with Gasteiger partial charge in [-0.25, -0.2) is 38.8 Å². The Bertz CT molecular complexity index is 1780. The summed E-state index contributed by atoms with van der Waals surface area (Å²) in [6.07, 6.45) is 2.20. The smallest absolute Gasteiger partial charge is 0.437 e. The number of ether oxygens (including phenoxy) is 6. The monoisotopic (exact) mass is 919 g/mol. The Kier molecular flexibility index (Phi) is 22.9. The van der Waals surface area contributed by atoms with Gasteiger partial charge in [-0.1, -0.05) is 25.7 Å². The first-order valence-electron chi connectivity index (χ1n) is 22.3. The van der Waals surface area contributed by atoms with Gasteiger partial charge in [-0.3, -0.25) is 5.32 Å². The lowest BCUT2D eigenvalue weighted by Gasteiger charge is -2.34. The highest BCUT2D eigenvalue weighted by atomic mass is 16.6. The molecule has 1 heterocycles. The van der Waals surface area contributed by atoms with Crippen LogP contribution in [0.25, 0.3) is 0 Å². The van der Waals surface area contributed by atoms with E-state index in [9.17, 15) is 24.0 Å². The minimum absolute atomic E-state index is 0.00983. The van der Waals surface area contributed by atoms with Crippen LogP contribution in [-0.2, 0) is 23.7 Å². The summed E-state index contributed by atoms with van der Waals surface area (Å²) in [4.78, 5) is 80.9. The second-order valence-corrected chi connectivity index (χ2v) is 20.3. The molecule has 368 valence electrons. The van der Waals surface area contributed by atoms with E-state index >= 15 is 0 Å². The zero-order valence-electron chi connectivity index (χ0n) is 41.9. The summed E-state index contributed by atoms with van der Waals surface area (Å²) in [5, 5.41) is 13.2. The van der Waals surface area contributed by atoms with Gasteiger partial charge in [0.25, 0.3) is 0 Å². The minimum atomic E-state index is -1.01. The van der Waals surface area contributed by atoms with Crippen molar-refractivity contribution in [1.82, 2.24) is 25.4 Å². The zero-order valence-corrected chi connectivity index (χ0v) is 41.9. The Morgan fingerprint density at radius 3 is 1.49 bits per heavy atom. The summed E-state index contributed by atoms with van der Waals surface area (Å²) in [6.45, 7) is 27.9. The Morgan fingerprint density at radius 2 is 1.05 bits per heavy atom. The molecule has 1 rings (SSSR count). The summed E-state index contributed by atoms with van der Waals surface area (Å²) in [5.41, 5.74) is -3.29. The largest absolute Gasteiger partial charge is 0.478 e. The lowest BCUT2D eigenvalue weighted by molar-refractivity contribution is 0.0269. The molecular weight excluding hydrogens is 841 g/mol. The molecule has 65 heavy (non-hydrogen) atoms. The number of pyridine rings is 1. The molecule has 0 aromatic carbocycles. The fourth-order valence-electron chi connectivity index (χ4n) is 5.25. The summed E-state index contributed by atoms with van der Waals surface area (Å²) < 4.78 is 33.5. The van der Waals surface area contributed by atoms with Gasteiger partial charge >= 0.3 is 30.5 Å². The predicted octanol–water partition coefficient (Wildman–Crippen LogP) is 10.1. The van der Waals surface area contributed by atoms with E-state index in [4.69, 9.17) is 33.8 Å². The number of nitrogens with zero attached hydrogens (tertiary/aromatic N) is 5. The van der Waals surface area contributed by atoms with Crippen molar-refractivity contribution in [1.29, 1.82) is 5.41 Å². The van der Waals surface area contributed by atoms with Crippen LogP contribution in [0.2, 0.25) is 0 Å². The van der Waals surface area contributed by atoms with Crippen LogP contribution < -0.4 is 15.4 Å². The van der Waals surface area contributed by atoms with Crippen LogP contribution in [0.1, 0.15) is 168 Å². The molecule has 1 aromatic rings. The van der Waals surface area contributed by atoms with Crippen LogP contribution in [0.3, 0.4) is 0 Å². The third-order valence-corrected chi connectivity index (χ3v) is 7.81. The van der Waals surface area contributed by atoms with Gasteiger partial charge in [-0.15, -0.1) is 9.98 Å². The van der Waals surface area contributed by atoms with Crippen molar-refractivity contribution in [2.24, 2.45) is 9.98 Å². The van der Waals surface area contributed by atoms with Crippen molar-refractivity contribution < 1.29 is 52.4 Å². The fourth-order valence-corrected chi connectivity index (χ4v) is 5.25. The lowest BCUT2D eigenvalue weighted by atomic mass is 10.1. The molecule has 0 aliphatic carbocycles. The average molecular weight is 919 g/mol. The van der Waals surface area contributed by atoms with E-state index in [0.717, 1.165) is 24.2 Å². The number of amides is 5. The third kappa shape index (κ3) is 28.1. The molecule has 0 radical (unpaired) electrons. The van der Waals surface area contributed by atoms with Crippen LogP contribution in [-0.4, -0.2) is 117 Å². The van der Waals surface area contributed by atoms with E-state index < -0.39 is 58.5 Å². The zero-order chi connectivity index (χ0) is 49.8. The Balaban J connectivity index is 3.23. The quantitative estimate of drug-likeness (QED) is 0.0607. The summed E-state index contributed by atoms with van der Waals surface area (Å²) in [5.74, 6) is -0.00466. The molecule has 0 fully saturated rings. The van der Waals surface area contributed by atoms with Gasteiger partial charge in [0, 0.05) is 43.2 Å². The molecule has 19 heteroatoms. The number of guanidine groups is 2. The first-order valence-corrected chi connectivity index (χ1v) is 22.3. The number of aliphatic imine (C=N–C) groups is 2. The predicted molar refractivity (Wildman–Crippen MR) is 250 cm³/mol. The van der Waals surface area contributed by atoms with Crippen molar-refractivity contribution in [2.45, 2.75) is 190 Å². The molecule has 19 nitrogen and oxygen atoms in total. The van der Waals surface area contributed by atoms with Gasteiger partial charge in [0.1, 0.15) is 28.0 Å². The van der Waals surface area contributed by atoms with E-state index in [1.165, 1.54) is 4.90 Å². The number of alkyl carbamates (subject to hydrolysis) is 1. The fraction of sp³-hybridized carbons (Fsp3) is 0.717. The number of nitrogens with one attached hydrogen (secondary N) is 3. The van der Waals surface area contributed by atoms with E-state index in [0.29, 0.717) is 55.8 Å². The van der Waals surface area contributed by atoms with Crippen molar-refractivity contribution in [3.05, 3.63) is 23.9 Å². The molecule has 1 aromatic heterocycles. The molecule has 0 spiro atoms. The van der Waals surface area contributed by atoms with Gasteiger partial charge < -0.3 is 39.1 Å². The van der Waals surface area contributed by atoms with Gasteiger partial charge in [0.2, 0.25) is 17.8 Å². The first-order chi connectivity index (χ1) is 29.7. The summed E-state index contributed by atoms with van der Waals surface area (Å²) in [6, 6.07) is 3.42. The van der Waals surface area contributed by atoms with Crippen LogP contribution in [0.5, 0.6) is 5.88 Å². The SMILES string of the molecule is CC(=N)c1ccc(OCCCCN(C(=O)OC(C)(C)C)/C(=N/C(=O)OC(C)(C)C)N(CCCCCCCCN/C(=N\C(=O)OC(C)(C)C)NC(=O)OC(C)(C)C)C(=O)OC(C)(C)C)nc1. The highest BCUT2D eigenvalue weighted by molar-refractivity contribution is 6.05. The molecule has 0 atom stereocenters. The second-order valence-electron chi connectivity index (χ2n) is 20.3. The number of aromatic nitrogens is 1. The van der Waals surface area contributed by atoms with Crippen LogP contribution in [0.4, 0.5) is 24.0 Å². The number of hydrogen-bond acceptors (Lipinski definition) is 13. The number of hydrogen-bond donors (Lipinski definition) is 3. The third-order valence-electron chi connectivity index (χ3n) is 7.81. The first kappa shape index (κ1) is 57.5. The topological polar surface area (TPSA) is 233 Å². The Morgan fingerprint density at radius 1 is 0.600 bits per heavy atom. The normalized spacial score (nSPS) is 12.7. The van der Waals surface area contributed by atoms with Gasteiger partial charge in [0.15, 0.2) is 0 Å². The van der Waals surface area contributed by atoms with E-state index in [1.807, 2.05) is 0 Å². The number of carbonyl (C=O) groups is 5. The van der Waals surface area contributed by atoms with Gasteiger partial charge in [-0.05, 0) is 143 Å².